The molecule has 2 saturated heterocycles. The van der Waals surface area contributed by atoms with Crippen molar-refractivity contribution in [1.82, 2.24) is 9.80 Å². The van der Waals surface area contributed by atoms with Gasteiger partial charge in [0.05, 0.1) is 17.4 Å². The van der Waals surface area contributed by atoms with E-state index in [1.165, 1.54) is 23.3 Å². The summed E-state index contributed by atoms with van der Waals surface area (Å²) < 4.78 is 5.13. The Morgan fingerprint density at radius 2 is 1.68 bits per heavy atom. The van der Waals surface area contributed by atoms with Crippen LogP contribution in [0.3, 0.4) is 0 Å². The molecule has 0 aromatic carbocycles. The molecule has 2 amide bonds. The molecule has 31 heavy (non-hydrogen) atoms. The quantitative estimate of drug-likeness (QED) is 0.662. The van der Waals surface area contributed by atoms with Crippen molar-refractivity contribution in [1.29, 1.82) is 0 Å². The Balaban J connectivity index is 1.34. The van der Waals surface area contributed by atoms with Crippen molar-refractivity contribution < 1.29 is 19.1 Å². The minimum atomic E-state index is -0.128. The monoisotopic (exact) mass is 446 g/mol. The molecule has 6 nitrogen and oxygen atoms in total. The lowest BCUT2D eigenvalue weighted by atomic mass is 9.86. The molecule has 0 N–H and O–H groups in total. The number of piperidine rings is 1. The van der Waals surface area contributed by atoms with E-state index < -0.39 is 0 Å². The summed E-state index contributed by atoms with van der Waals surface area (Å²) in [7, 11) is 0. The molecule has 0 spiro atoms. The van der Waals surface area contributed by atoms with Crippen molar-refractivity contribution in [2.24, 2.45) is 11.8 Å². The first-order valence-corrected chi connectivity index (χ1v) is 12.7. The highest BCUT2D eigenvalue weighted by Crippen LogP contribution is 2.34. The molecule has 4 rings (SSSR count). The summed E-state index contributed by atoms with van der Waals surface area (Å²) in [6.07, 6.45) is 8.46. The molecule has 3 aliphatic rings. The van der Waals surface area contributed by atoms with Gasteiger partial charge in [-0.25, -0.2) is 0 Å². The topological polar surface area (TPSA) is 66.9 Å². The lowest BCUT2D eigenvalue weighted by Gasteiger charge is -2.34. The smallest absolute Gasteiger partial charge is 0.309 e. The van der Waals surface area contributed by atoms with E-state index in [2.05, 4.69) is 6.07 Å². The number of aryl methyl sites for hydroxylation is 1. The number of rotatable bonds is 4. The summed E-state index contributed by atoms with van der Waals surface area (Å²) in [5.74, 6) is 0.162. The fraction of sp³-hybridized carbons (Fsp3) is 0.708. The second-order valence-electron chi connectivity index (χ2n) is 9.06. The number of carbonyl (C=O) groups is 3. The minimum absolute atomic E-state index is 0.0117. The number of carbonyl (C=O) groups excluding carboxylic acids is 3. The van der Waals surface area contributed by atoms with Crippen molar-refractivity contribution in [3.63, 3.8) is 0 Å². The summed E-state index contributed by atoms with van der Waals surface area (Å²) in [6.45, 7) is 5.23. The third kappa shape index (κ3) is 5.13. The maximum Gasteiger partial charge on any atom is 0.309 e. The van der Waals surface area contributed by atoms with E-state index >= 15 is 0 Å². The molecule has 1 aliphatic carbocycles. The zero-order valence-electron chi connectivity index (χ0n) is 18.6. The number of ether oxygens (including phenoxy) is 1. The van der Waals surface area contributed by atoms with Crippen molar-refractivity contribution in [3.05, 3.63) is 21.4 Å². The maximum atomic E-state index is 13.1. The van der Waals surface area contributed by atoms with Crippen LogP contribution in [0.25, 0.3) is 0 Å². The molecule has 2 aliphatic heterocycles. The molecule has 170 valence electrons. The minimum Gasteiger partial charge on any atom is -0.466 e. The average molecular weight is 447 g/mol. The molecule has 1 aromatic rings. The second kappa shape index (κ2) is 10.2. The molecule has 0 bridgehead atoms. The normalized spacial score (nSPS) is 22.5. The number of nitrogens with zero attached hydrogens (tertiary/aromatic N) is 2. The van der Waals surface area contributed by atoms with Crippen LogP contribution in [0.4, 0.5) is 0 Å². The summed E-state index contributed by atoms with van der Waals surface area (Å²) in [5.41, 5.74) is 1.19. The highest BCUT2D eigenvalue weighted by Gasteiger charge is 2.34. The first kappa shape index (κ1) is 22.3. The van der Waals surface area contributed by atoms with Crippen LogP contribution in [-0.2, 0) is 27.2 Å². The van der Waals surface area contributed by atoms with Crippen LogP contribution in [0.5, 0.6) is 0 Å². The van der Waals surface area contributed by atoms with Gasteiger partial charge in [-0.2, -0.15) is 0 Å². The van der Waals surface area contributed by atoms with E-state index in [0.717, 1.165) is 50.1 Å². The van der Waals surface area contributed by atoms with Gasteiger partial charge in [0, 0.05) is 37.0 Å². The van der Waals surface area contributed by atoms with Crippen LogP contribution < -0.4 is 0 Å². The second-order valence-corrected chi connectivity index (χ2v) is 10.2. The third-order valence-corrected chi connectivity index (χ3v) is 8.19. The van der Waals surface area contributed by atoms with Gasteiger partial charge < -0.3 is 14.5 Å². The van der Waals surface area contributed by atoms with E-state index in [0.29, 0.717) is 32.5 Å². The highest BCUT2D eigenvalue weighted by atomic mass is 32.1. The third-order valence-electron chi connectivity index (χ3n) is 6.96. The lowest BCUT2D eigenvalue weighted by Crippen LogP contribution is -2.44. The number of esters is 1. The Labute approximate surface area is 188 Å². The fourth-order valence-electron chi connectivity index (χ4n) is 5.12. The summed E-state index contributed by atoms with van der Waals surface area (Å²) >= 11 is 1.63. The molecule has 1 atom stereocenters. The molecular formula is C24H34N2O4S. The predicted octanol–water partition coefficient (Wildman–Crippen LogP) is 3.67. The predicted molar refractivity (Wildman–Crippen MR) is 120 cm³/mol. The number of fused-ring (bicyclic) bond motifs is 1. The molecule has 0 radical (unpaired) electrons. The van der Waals surface area contributed by atoms with Crippen molar-refractivity contribution in [2.45, 2.75) is 64.7 Å². The molecule has 1 aromatic heterocycles. The van der Waals surface area contributed by atoms with Gasteiger partial charge >= 0.3 is 5.97 Å². The van der Waals surface area contributed by atoms with Gasteiger partial charge in [0.2, 0.25) is 5.91 Å². The Kier molecular flexibility index (Phi) is 7.31. The molecular weight excluding hydrogens is 412 g/mol. The van der Waals surface area contributed by atoms with E-state index in [1.54, 1.807) is 11.3 Å². The summed E-state index contributed by atoms with van der Waals surface area (Å²) in [6, 6.07) is 2.06. The van der Waals surface area contributed by atoms with E-state index in [-0.39, 0.29) is 29.6 Å². The molecule has 7 heteroatoms. The van der Waals surface area contributed by atoms with Gasteiger partial charge in [0.15, 0.2) is 0 Å². The van der Waals surface area contributed by atoms with Gasteiger partial charge in [0.1, 0.15) is 0 Å². The SMILES string of the molecule is CCOC(=O)C1CCN(C(=O)[C@@H]2CCc3sc(C(=O)N4CCCCCC4)cc3C2)CC1. The van der Waals surface area contributed by atoms with Crippen LogP contribution in [0.15, 0.2) is 6.07 Å². The van der Waals surface area contributed by atoms with Crippen LogP contribution in [0.2, 0.25) is 0 Å². The molecule has 2 fully saturated rings. The average Bonchev–Trinajstić information content (AvgIpc) is 3.03. The zero-order valence-corrected chi connectivity index (χ0v) is 19.4. The largest absolute Gasteiger partial charge is 0.466 e. The van der Waals surface area contributed by atoms with Gasteiger partial charge in [0.25, 0.3) is 5.91 Å². The van der Waals surface area contributed by atoms with Gasteiger partial charge in [-0.15, -0.1) is 11.3 Å². The highest BCUT2D eigenvalue weighted by molar-refractivity contribution is 7.14. The van der Waals surface area contributed by atoms with Crippen LogP contribution in [0.1, 0.15) is 72.0 Å². The Hall–Kier alpha value is -1.89. The van der Waals surface area contributed by atoms with Crippen LogP contribution in [0, 0.1) is 11.8 Å². The van der Waals surface area contributed by atoms with E-state index in [1.807, 2.05) is 16.7 Å². The number of hydrogen-bond acceptors (Lipinski definition) is 5. The summed E-state index contributed by atoms with van der Waals surface area (Å²) in [5, 5.41) is 0. The maximum absolute atomic E-state index is 13.1. The molecule has 3 heterocycles. The molecule has 0 saturated carbocycles. The lowest BCUT2D eigenvalue weighted by molar-refractivity contribution is -0.151. The van der Waals surface area contributed by atoms with E-state index in [9.17, 15) is 14.4 Å². The first-order valence-electron chi connectivity index (χ1n) is 11.9. The van der Waals surface area contributed by atoms with Crippen LogP contribution in [-0.4, -0.2) is 60.4 Å². The summed E-state index contributed by atoms with van der Waals surface area (Å²) in [4.78, 5) is 44.1. The van der Waals surface area contributed by atoms with Crippen LogP contribution >= 0.6 is 11.3 Å². The van der Waals surface area contributed by atoms with Crippen molar-refractivity contribution in [2.75, 3.05) is 32.8 Å². The first-order chi connectivity index (χ1) is 15.1. The zero-order chi connectivity index (χ0) is 21.8. The fourth-order valence-corrected chi connectivity index (χ4v) is 6.30. The number of amides is 2. The van der Waals surface area contributed by atoms with Gasteiger partial charge in [-0.3, -0.25) is 14.4 Å². The van der Waals surface area contributed by atoms with Crippen molar-refractivity contribution >= 4 is 29.1 Å². The van der Waals surface area contributed by atoms with Gasteiger partial charge in [-0.1, -0.05) is 12.8 Å². The standard InChI is InChI=1S/C24H34N2O4S/c1-2-30-24(29)17-9-13-26(14-10-17)22(27)18-7-8-20-19(15-18)16-21(31-20)23(28)25-11-5-3-4-6-12-25/h16-18H,2-15H2,1H3/t18-/m1/s1. The van der Waals surface area contributed by atoms with Crippen molar-refractivity contribution in [3.8, 4) is 0 Å². The number of likely N-dealkylation sites (tertiary alicyclic amines) is 2. The Bertz CT molecular complexity index is 805. The van der Waals surface area contributed by atoms with Gasteiger partial charge in [-0.05, 0) is 63.5 Å². The Morgan fingerprint density at radius 1 is 0.968 bits per heavy atom. The number of thiophene rings is 1. The number of hydrogen-bond donors (Lipinski definition) is 0. The molecule has 0 unspecified atom stereocenters. The Morgan fingerprint density at radius 3 is 2.35 bits per heavy atom. The van der Waals surface area contributed by atoms with E-state index in [4.69, 9.17) is 4.74 Å².